The largest absolute Gasteiger partial charge is 0.508 e. The fourth-order valence-corrected chi connectivity index (χ4v) is 2.42. The Bertz CT molecular complexity index is 784. The third-order valence-corrected chi connectivity index (χ3v) is 3.75. The minimum absolute atomic E-state index is 0.0115. The van der Waals surface area contributed by atoms with Crippen LogP contribution in [0.25, 0.3) is 0 Å². The van der Waals surface area contributed by atoms with E-state index in [2.05, 4.69) is 13.8 Å². The molecule has 3 nitrogen and oxygen atoms in total. The van der Waals surface area contributed by atoms with E-state index in [1.807, 2.05) is 66.7 Å². The van der Waals surface area contributed by atoms with E-state index < -0.39 is 6.10 Å². The van der Waals surface area contributed by atoms with Crippen molar-refractivity contribution < 1.29 is 14.6 Å². The van der Waals surface area contributed by atoms with Crippen LogP contribution in [0.15, 0.2) is 91.0 Å². The van der Waals surface area contributed by atoms with Crippen molar-refractivity contribution >= 4 is 5.78 Å². The van der Waals surface area contributed by atoms with Crippen molar-refractivity contribution in [2.45, 2.75) is 20.0 Å². The molecule has 0 fully saturated rings. The minimum atomic E-state index is -0.527. The van der Waals surface area contributed by atoms with Gasteiger partial charge in [0.15, 0.2) is 5.78 Å². The number of phenols is 1. The second-order valence-electron chi connectivity index (χ2n) is 6.58. The van der Waals surface area contributed by atoms with Gasteiger partial charge >= 0.3 is 0 Å². The fraction of sp³-hybridized carbons (Fsp3) is 0.208. The molecule has 1 atom stereocenters. The highest BCUT2D eigenvalue weighted by atomic mass is 16.5. The van der Waals surface area contributed by atoms with Crippen LogP contribution >= 0.6 is 0 Å². The van der Waals surface area contributed by atoms with Gasteiger partial charge in [-0.05, 0) is 23.6 Å². The minimum Gasteiger partial charge on any atom is -0.508 e. The summed E-state index contributed by atoms with van der Waals surface area (Å²) in [5, 5.41) is 8.63. The molecule has 0 bridgehead atoms. The molecule has 0 saturated carbocycles. The first-order chi connectivity index (χ1) is 13.1. The maximum atomic E-state index is 12.6. The molecule has 3 aromatic rings. The van der Waals surface area contributed by atoms with E-state index in [9.17, 15) is 4.79 Å². The highest BCUT2D eigenvalue weighted by Gasteiger charge is 2.22. The molecule has 1 N–H and O–H groups in total. The van der Waals surface area contributed by atoms with Crippen LogP contribution in [0.5, 0.6) is 5.75 Å². The number of para-hydroxylation sites is 1. The van der Waals surface area contributed by atoms with Crippen LogP contribution in [0.3, 0.4) is 0 Å². The van der Waals surface area contributed by atoms with Gasteiger partial charge in [0.25, 0.3) is 0 Å². The Morgan fingerprint density at radius 2 is 1.30 bits per heavy atom. The predicted octanol–water partition coefficient (Wildman–Crippen LogP) is 5.68. The quantitative estimate of drug-likeness (QED) is 0.574. The number of ketones is 1. The highest BCUT2D eigenvalue weighted by Crippen LogP contribution is 2.23. The summed E-state index contributed by atoms with van der Waals surface area (Å²) in [6.07, 6.45) is -0.527. The summed E-state index contributed by atoms with van der Waals surface area (Å²) in [4.78, 5) is 12.6. The Labute approximate surface area is 161 Å². The summed E-state index contributed by atoms with van der Waals surface area (Å²) in [6.45, 7) is 4.72. The van der Waals surface area contributed by atoms with Gasteiger partial charge in [0.1, 0.15) is 11.9 Å². The topological polar surface area (TPSA) is 46.5 Å². The number of phenolic OH excluding ortho intramolecular Hbond substituents is 1. The summed E-state index contributed by atoms with van der Waals surface area (Å²) in [5.74, 6) is 0.727. The average molecular weight is 362 g/mol. The lowest BCUT2D eigenvalue weighted by molar-refractivity contribution is 0.0308. The van der Waals surface area contributed by atoms with Gasteiger partial charge in [0.2, 0.25) is 0 Å². The standard InChI is InChI=1S/C18H20O2.C6H6O/c1-14(2)13-20-18(16-11-7-4-8-12-16)17(19)15-9-5-3-6-10-15;7-6-4-2-1-3-5-6/h3-12,14,18H,13H2,1-2H3;1-5,7H. The Hall–Kier alpha value is -2.91. The zero-order chi connectivity index (χ0) is 19.5. The zero-order valence-corrected chi connectivity index (χ0v) is 15.8. The number of carbonyl (C=O) groups is 1. The van der Waals surface area contributed by atoms with Gasteiger partial charge in [-0.25, -0.2) is 0 Å². The molecular formula is C24H26O3. The first-order valence-electron chi connectivity index (χ1n) is 9.07. The van der Waals surface area contributed by atoms with Crippen molar-refractivity contribution in [3.8, 4) is 5.75 Å². The average Bonchev–Trinajstić information content (AvgIpc) is 2.70. The highest BCUT2D eigenvalue weighted by molar-refractivity contribution is 6.00. The Morgan fingerprint density at radius 3 is 1.74 bits per heavy atom. The van der Waals surface area contributed by atoms with Crippen LogP contribution in [0, 0.1) is 5.92 Å². The van der Waals surface area contributed by atoms with Crippen LogP contribution in [-0.4, -0.2) is 17.5 Å². The number of rotatable bonds is 6. The molecule has 0 amide bonds. The fourth-order valence-electron chi connectivity index (χ4n) is 2.42. The predicted molar refractivity (Wildman–Crippen MR) is 109 cm³/mol. The van der Waals surface area contributed by atoms with E-state index in [1.165, 1.54) is 0 Å². The van der Waals surface area contributed by atoms with Crippen LogP contribution in [0.4, 0.5) is 0 Å². The Balaban J connectivity index is 0.000000313. The zero-order valence-electron chi connectivity index (χ0n) is 15.8. The van der Waals surface area contributed by atoms with Gasteiger partial charge in [0.05, 0.1) is 6.61 Å². The molecule has 140 valence electrons. The van der Waals surface area contributed by atoms with E-state index in [1.54, 1.807) is 24.3 Å². The molecule has 0 heterocycles. The van der Waals surface area contributed by atoms with Gasteiger partial charge < -0.3 is 9.84 Å². The molecule has 0 spiro atoms. The summed E-state index contributed by atoms with van der Waals surface area (Å²) in [7, 11) is 0. The smallest absolute Gasteiger partial charge is 0.196 e. The van der Waals surface area contributed by atoms with E-state index in [0.717, 1.165) is 5.56 Å². The van der Waals surface area contributed by atoms with Crippen LogP contribution in [0.1, 0.15) is 35.9 Å². The van der Waals surface area contributed by atoms with Crippen molar-refractivity contribution in [1.82, 2.24) is 0 Å². The lowest BCUT2D eigenvalue weighted by Gasteiger charge is -2.18. The van der Waals surface area contributed by atoms with E-state index in [0.29, 0.717) is 23.8 Å². The van der Waals surface area contributed by atoms with E-state index in [-0.39, 0.29) is 5.78 Å². The van der Waals surface area contributed by atoms with Crippen LogP contribution in [0.2, 0.25) is 0 Å². The molecule has 0 aromatic heterocycles. The van der Waals surface area contributed by atoms with Gasteiger partial charge in [-0.1, -0.05) is 92.7 Å². The van der Waals surface area contributed by atoms with Crippen molar-refractivity contribution in [1.29, 1.82) is 0 Å². The van der Waals surface area contributed by atoms with E-state index >= 15 is 0 Å². The van der Waals surface area contributed by atoms with Gasteiger partial charge in [-0.2, -0.15) is 0 Å². The normalized spacial score (nSPS) is 11.4. The Kier molecular flexibility index (Phi) is 8.27. The number of hydrogen-bond acceptors (Lipinski definition) is 3. The van der Waals surface area contributed by atoms with Crippen molar-refractivity contribution in [2.75, 3.05) is 6.61 Å². The molecule has 0 radical (unpaired) electrons. The molecule has 0 aliphatic carbocycles. The van der Waals surface area contributed by atoms with E-state index in [4.69, 9.17) is 9.84 Å². The molecule has 27 heavy (non-hydrogen) atoms. The molecule has 1 unspecified atom stereocenters. The number of Topliss-reactive ketones (excluding diaryl/α,β-unsaturated/α-hetero) is 1. The SMILES string of the molecule is CC(C)COC(C(=O)c1ccccc1)c1ccccc1.Oc1ccccc1. The maximum absolute atomic E-state index is 12.6. The van der Waals surface area contributed by atoms with Crippen molar-refractivity contribution in [3.63, 3.8) is 0 Å². The van der Waals surface area contributed by atoms with Crippen LogP contribution in [-0.2, 0) is 4.74 Å². The van der Waals surface area contributed by atoms with Gasteiger partial charge in [-0.3, -0.25) is 4.79 Å². The van der Waals surface area contributed by atoms with Crippen molar-refractivity contribution in [3.05, 3.63) is 102 Å². The monoisotopic (exact) mass is 362 g/mol. The number of carbonyl (C=O) groups excluding carboxylic acids is 1. The first kappa shape index (κ1) is 20.4. The molecule has 3 heteroatoms. The van der Waals surface area contributed by atoms with Gasteiger partial charge in [-0.15, -0.1) is 0 Å². The number of aromatic hydroxyl groups is 1. The molecule has 0 saturated heterocycles. The Morgan fingerprint density at radius 1 is 0.815 bits per heavy atom. The third kappa shape index (κ3) is 7.08. The molecule has 3 aromatic carbocycles. The summed E-state index contributed by atoms with van der Waals surface area (Å²) >= 11 is 0. The van der Waals surface area contributed by atoms with Crippen LogP contribution < -0.4 is 0 Å². The summed E-state index contributed by atoms with van der Waals surface area (Å²) in [6, 6.07) is 27.7. The molecule has 3 rings (SSSR count). The number of hydrogen-bond donors (Lipinski definition) is 1. The van der Waals surface area contributed by atoms with Crippen molar-refractivity contribution in [2.24, 2.45) is 5.92 Å². The summed E-state index contributed by atoms with van der Waals surface area (Å²) < 4.78 is 5.86. The number of benzene rings is 3. The lowest BCUT2D eigenvalue weighted by Crippen LogP contribution is -2.18. The van der Waals surface area contributed by atoms with Gasteiger partial charge in [0, 0.05) is 5.56 Å². The molecule has 0 aliphatic heterocycles. The molecular weight excluding hydrogens is 336 g/mol. The summed E-state index contributed by atoms with van der Waals surface area (Å²) in [5.41, 5.74) is 1.59. The first-order valence-corrected chi connectivity index (χ1v) is 9.07. The second-order valence-corrected chi connectivity index (χ2v) is 6.58. The molecule has 0 aliphatic rings. The third-order valence-electron chi connectivity index (χ3n) is 3.75. The lowest BCUT2D eigenvalue weighted by atomic mass is 10.00. The number of ether oxygens (including phenoxy) is 1. The second kappa shape index (κ2) is 10.9. The maximum Gasteiger partial charge on any atom is 0.196 e.